The average molecular weight is 480 g/mol. The van der Waals surface area contributed by atoms with Crippen molar-refractivity contribution in [2.75, 3.05) is 43.9 Å². The van der Waals surface area contributed by atoms with Gasteiger partial charge in [-0.25, -0.2) is 0 Å². The largest absolute Gasteiger partial charge is 0.453 e. The molecule has 0 aliphatic carbocycles. The fraction of sp³-hybridized carbons (Fsp3) is 0.400. The molecular formula is C20H26Cl4N4O. The summed E-state index contributed by atoms with van der Waals surface area (Å²) in [5, 5.41) is 0. The summed E-state index contributed by atoms with van der Waals surface area (Å²) >= 11 is 25.8. The van der Waals surface area contributed by atoms with Crippen molar-refractivity contribution < 1.29 is 4.74 Å². The smallest absolute Gasteiger partial charge is 0.154 e. The highest BCUT2D eigenvalue weighted by atomic mass is 35.5. The topological polar surface area (TPSA) is 22.2 Å². The summed E-state index contributed by atoms with van der Waals surface area (Å²) in [7, 11) is 0. The molecule has 0 atom stereocenters. The normalized spacial score (nSPS) is 10.6. The maximum atomic E-state index is 6.50. The Hall–Kier alpha value is -1.40. The molecule has 0 saturated heterocycles. The lowest BCUT2D eigenvalue weighted by atomic mass is 10.2. The number of para-hydroxylation sites is 2. The molecule has 0 radical (unpaired) electrons. The number of rotatable bonds is 10. The van der Waals surface area contributed by atoms with Crippen LogP contribution in [0.2, 0.25) is 0 Å². The Morgan fingerprint density at radius 2 is 0.931 bits per heavy atom. The number of anilines is 4. The molecule has 160 valence electrons. The van der Waals surface area contributed by atoms with Gasteiger partial charge in [-0.05, 0) is 52.0 Å². The summed E-state index contributed by atoms with van der Waals surface area (Å²) in [4.78, 5) is 0. The van der Waals surface area contributed by atoms with E-state index in [-0.39, 0.29) is 0 Å². The van der Waals surface area contributed by atoms with E-state index < -0.39 is 0 Å². The zero-order valence-corrected chi connectivity index (χ0v) is 20.0. The standard InChI is InChI=1S/C20H26Cl4N4O/c1-5-25(21)15-11-9-13-17(19(15)27(23)7-3)29-18-14-10-12-16(26(22)6-2)20(18)28(24)8-4/h9-14H,5-8H2,1-4H3. The molecule has 0 amide bonds. The number of benzene rings is 2. The Bertz CT molecular complexity index is 743. The Kier molecular flexibility index (Phi) is 9.15. The summed E-state index contributed by atoms with van der Waals surface area (Å²) in [5.74, 6) is 1.13. The zero-order chi connectivity index (χ0) is 21.6. The Morgan fingerprint density at radius 3 is 1.24 bits per heavy atom. The van der Waals surface area contributed by atoms with Crippen molar-refractivity contribution in [1.82, 2.24) is 0 Å². The van der Waals surface area contributed by atoms with Crippen molar-refractivity contribution in [3.63, 3.8) is 0 Å². The molecule has 0 fully saturated rings. The highest BCUT2D eigenvalue weighted by Gasteiger charge is 2.22. The number of ether oxygens (including phenoxy) is 1. The van der Waals surface area contributed by atoms with Crippen LogP contribution in [0.4, 0.5) is 22.7 Å². The predicted octanol–water partition coefficient (Wildman–Crippen LogP) is 7.40. The van der Waals surface area contributed by atoms with Crippen molar-refractivity contribution >= 4 is 69.9 Å². The first-order valence-corrected chi connectivity index (χ1v) is 10.9. The molecule has 2 rings (SSSR count). The molecule has 0 bridgehead atoms. The second-order valence-electron chi connectivity index (χ2n) is 6.06. The van der Waals surface area contributed by atoms with Gasteiger partial charge in [0.1, 0.15) is 11.4 Å². The van der Waals surface area contributed by atoms with Crippen molar-refractivity contribution in [2.45, 2.75) is 27.7 Å². The molecule has 0 heterocycles. The molecule has 9 heteroatoms. The van der Waals surface area contributed by atoms with Crippen molar-refractivity contribution in [2.24, 2.45) is 0 Å². The fourth-order valence-electron chi connectivity index (χ4n) is 2.84. The second-order valence-corrected chi connectivity index (χ2v) is 7.70. The number of halogens is 4. The lowest BCUT2D eigenvalue weighted by molar-refractivity contribution is 0.484. The molecule has 0 aromatic heterocycles. The van der Waals surface area contributed by atoms with Crippen LogP contribution in [0.3, 0.4) is 0 Å². The lowest BCUT2D eigenvalue weighted by Crippen LogP contribution is -2.18. The molecular weight excluding hydrogens is 454 g/mol. The van der Waals surface area contributed by atoms with Gasteiger partial charge in [0, 0.05) is 73.3 Å². The average Bonchev–Trinajstić information content (AvgIpc) is 2.76. The molecule has 2 aromatic rings. The minimum absolute atomic E-state index is 0.565. The Labute approximate surface area is 193 Å². The van der Waals surface area contributed by atoms with Gasteiger partial charge in [-0.2, -0.15) is 0 Å². The number of hydrogen-bond donors (Lipinski definition) is 0. The summed E-state index contributed by atoms with van der Waals surface area (Å²) in [5.41, 5.74) is 2.88. The maximum absolute atomic E-state index is 6.50. The van der Waals surface area contributed by atoms with Crippen LogP contribution in [0, 0.1) is 0 Å². The molecule has 0 spiro atoms. The van der Waals surface area contributed by atoms with Crippen LogP contribution in [0.15, 0.2) is 36.4 Å². The van der Waals surface area contributed by atoms with Gasteiger partial charge in [-0.15, -0.1) is 0 Å². The zero-order valence-electron chi connectivity index (χ0n) is 17.0. The highest BCUT2D eigenvalue weighted by Crippen LogP contribution is 2.46. The Balaban J connectivity index is 2.62. The van der Waals surface area contributed by atoms with E-state index in [1.165, 1.54) is 0 Å². The molecule has 0 aliphatic heterocycles. The summed E-state index contributed by atoms with van der Waals surface area (Å²) in [6.07, 6.45) is 0. The van der Waals surface area contributed by atoms with Crippen LogP contribution in [-0.4, -0.2) is 26.2 Å². The van der Waals surface area contributed by atoms with E-state index in [4.69, 9.17) is 51.8 Å². The van der Waals surface area contributed by atoms with E-state index in [0.717, 1.165) is 11.4 Å². The third-order valence-corrected chi connectivity index (χ3v) is 5.95. The molecule has 5 nitrogen and oxygen atoms in total. The molecule has 29 heavy (non-hydrogen) atoms. The number of hydrogen-bond acceptors (Lipinski definition) is 5. The van der Waals surface area contributed by atoms with E-state index in [1.54, 1.807) is 17.7 Å². The molecule has 0 saturated carbocycles. The number of nitrogens with zero attached hydrogens (tertiary/aromatic N) is 4. The van der Waals surface area contributed by atoms with Gasteiger partial charge in [-0.1, -0.05) is 12.1 Å². The van der Waals surface area contributed by atoms with Crippen LogP contribution in [-0.2, 0) is 0 Å². The third-order valence-electron chi connectivity index (χ3n) is 4.29. The van der Waals surface area contributed by atoms with Gasteiger partial charge in [0.05, 0.1) is 11.4 Å². The van der Waals surface area contributed by atoms with Gasteiger partial charge >= 0.3 is 0 Å². The summed E-state index contributed by atoms with van der Waals surface area (Å²) < 4.78 is 12.7. The first kappa shape index (κ1) is 23.9. The monoisotopic (exact) mass is 478 g/mol. The maximum Gasteiger partial charge on any atom is 0.154 e. The van der Waals surface area contributed by atoms with Gasteiger partial charge in [-0.3, -0.25) is 17.7 Å². The van der Waals surface area contributed by atoms with E-state index >= 15 is 0 Å². The van der Waals surface area contributed by atoms with E-state index in [9.17, 15) is 0 Å². The third kappa shape index (κ3) is 5.40. The lowest BCUT2D eigenvalue weighted by Gasteiger charge is -2.27. The van der Waals surface area contributed by atoms with Gasteiger partial charge < -0.3 is 4.74 Å². The van der Waals surface area contributed by atoms with Crippen molar-refractivity contribution in [1.29, 1.82) is 0 Å². The molecule has 0 aliphatic rings. The minimum Gasteiger partial charge on any atom is -0.453 e. The van der Waals surface area contributed by atoms with Crippen LogP contribution < -0.4 is 22.4 Å². The molecule has 0 unspecified atom stereocenters. The van der Waals surface area contributed by atoms with Crippen molar-refractivity contribution in [3.8, 4) is 11.5 Å². The van der Waals surface area contributed by atoms with Gasteiger partial charge in [0.25, 0.3) is 0 Å². The second kappa shape index (κ2) is 11.1. The van der Waals surface area contributed by atoms with Crippen LogP contribution in [0.1, 0.15) is 27.7 Å². The quantitative estimate of drug-likeness (QED) is 0.330. The van der Waals surface area contributed by atoms with Gasteiger partial charge in [0.2, 0.25) is 0 Å². The van der Waals surface area contributed by atoms with Crippen LogP contribution in [0.5, 0.6) is 11.5 Å². The van der Waals surface area contributed by atoms with Gasteiger partial charge in [0.15, 0.2) is 11.5 Å². The minimum atomic E-state index is 0.565. The fourth-order valence-corrected chi connectivity index (χ4v) is 3.45. The first-order chi connectivity index (χ1) is 13.9. The molecule has 2 aromatic carbocycles. The summed E-state index contributed by atoms with van der Waals surface area (Å²) in [6, 6.07) is 11.3. The first-order valence-electron chi connectivity index (χ1n) is 9.56. The SMILES string of the molecule is CCN(Cl)c1cccc(Oc2cccc(N(Cl)CC)c2N(Cl)CC)c1N(Cl)CC. The molecule has 0 N–H and O–H groups in total. The highest BCUT2D eigenvalue weighted by molar-refractivity contribution is 6.31. The predicted molar refractivity (Wildman–Crippen MR) is 128 cm³/mol. The van der Waals surface area contributed by atoms with E-state index in [1.807, 2.05) is 64.1 Å². The summed E-state index contributed by atoms with van der Waals surface area (Å²) in [6.45, 7) is 10.2. The van der Waals surface area contributed by atoms with Crippen LogP contribution >= 0.6 is 47.1 Å². The van der Waals surface area contributed by atoms with Crippen LogP contribution in [0.25, 0.3) is 0 Å². The van der Waals surface area contributed by atoms with E-state index in [2.05, 4.69) is 0 Å². The van der Waals surface area contributed by atoms with E-state index in [0.29, 0.717) is 49.1 Å². The Morgan fingerprint density at radius 1 is 0.586 bits per heavy atom. The van der Waals surface area contributed by atoms with Crippen molar-refractivity contribution in [3.05, 3.63) is 36.4 Å².